The first-order chi connectivity index (χ1) is 19.7. The fourth-order valence-corrected chi connectivity index (χ4v) is 5.55. The second kappa shape index (κ2) is 11.7. The van der Waals surface area contributed by atoms with E-state index in [1.54, 1.807) is 12.1 Å². The van der Waals surface area contributed by atoms with Crippen LogP contribution in [0.15, 0.2) is 57.7 Å². The summed E-state index contributed by atoms with van der Waals surface area (Å²) in [6.45, 7) is 12.1. The largest absolute Gasteiger partial charge is 0.422 e. The molecule has 1 amide bonds. The van der Waals surface area contributed by atoms with Gasteiger partial charge in [0.25, 0.3) is 0 Å². The summed E-state index contributed by atoms with van der Waals surface area (Å²) in [5.74, 6) is -0.186. The average Bonchev–Trinajstić information content (AvgIpc) is 2.97. The molecule has 0 unspecified atom stereocenters. The number of carbonyl (C=O) groups is 1. The van der Waals surface area contributed by atoms with E-state index < -0.39 is 5.63 Å². The molecular formula is C33H38FN4O3+. The van der Waals surface area contributed by atoms with Gasteiger partial charge >= 0.3 is 5.63 Å². The van der Waals surface area contributed by atoms with Crippen LogP contribution < -0.4 is 20.0 Å². The Kier molecular flexibility index (Phi) is 8.10. The minimum atomic E-state index is -0.395. The molecule has 0 aliphatic carbocycles. The minimum Gasteiger partial charge on any atom is -0.422 e. The third-order valence-corrected chi connectivity index (χ3v) is 8.01. The zero-order valence-electron chi connectivity index (χ0n) is 24.5. The molecule has 214 valence electrons. The van der Waals surface area contributed by atoms with Crippen molar-refractivity contribution >= 4 is 51.3 Å². The van der Waals surface area contributed by atoms with Crippen LogP contribution in [0.3, 0.4) is 0 Å². The third kappa shape index (κ3) is 5.69. The number of hydrogen-bond donors (Lipinski definition) is 0. The van der Waals surface area contributed by atoms with Crippen LogP contribution in [0.1, 0.15) is 39.0 Å². The summed E-state index contributed by atoms with van der Waals surface area (Å²) < 4.78 is 22.9. The molecule has 2 aromatic heterocycles. The molecule has 41 heavy (non-hydrogen) atoms. The van der Waals surface area contributed by atoms with Gasteiger partial charge in [-0.1, -0.05) is 13.8 Å². The molecule has 2 aromatic carbocycles. The molecule has 1 fully saturated rings. The van der Waals surface area contributed by atoms with E-state index in [0.717, 1.165) is 40.8 Å². The Labute approximate surface area is 240 Å². The van der Waals surface area contributed by atoms with Crippen molar-refractivity contribution in [1.29, 1.82) is 0 Å². The molecule has 0 atom stereocenters. The van der Waals surface area contributed by atoms with E-state index in [-0.39, 0.29) is 17.6 Å². The van der Waals surface area contributed by atoms with Gasteiger partial charge in [0.2, 0.25) is 17.1 Å². The number of carbonyl (C=O) groups excluding carboxylic acids is 1. The second-order valence-electron chi connectivity index (χ2n) is 10.9. The number of fused-ring (bicyclic) bond motifs is 2. The van der Waals surface area contributed by atoms with E-state index >= 15 is 4.39 Å². The predicted molar refractivity (Wildman–Crippen MR) is 164 cm³/mol. The van der Waals surface area contributed by atoms with Crippen molar-refractivity contribution in [2.24, 2.45) is 13.0 Å². The number of nitrogens with zero attached hydrogens (tertiary/aromatic N) is 4. The van der Waals surface area contributed by atoms with Gasteiger partial charge < -0.3 is 19.1 Å². The lowest BCUT2D eigenvalue weighted by atomic mass is 10.1. The lowest BCUT2D eigenvalue weighted by Gasteiger charge is -2.36. The lowest BCUT2D eigenvalue weighted by molar-refractivity contribution is -0.646. The normalized spacial score (nSPS) is 14.1. The van der Waals surface area contributed by atoms with E-state index in [4.69, 9.17) is 4.42 Å². The quantitative estimate of drug-likeness (QED) is 0.230. The van der Waals surface area contributed by atoms with Gasteiger partial charge in [0, 0.05) is 85.9 Å². The zero-order chi connectivity index (χ0) is 29.3. The summed E-state index contributed by atoms with van der Waals surface area (Å²) in [6, 6.07) is 15.0. The van der Waals surface area contributed by atoms with Crippen LogP contribution in [0.4, 0.5) is 15.8 Å². The molecule has 0 saturated carbocycles. The maximum Gasteiger partial charge on any atom is 0.343 e. The number of pyridine rings is 1. The van der Waals surface area contributed by atoms with Gasteiger partial charge in [0.1, 0.15) is 18.4 Å². The predicted octanol–water partition coefficient (Wildman–Crippen LogP) is 5.23. The molecule has 0 radical (unpaired) electrons. The molecule has 1 aliphatic rings. The van der Waals surface area contributed by atoms with Crippen LogP contribution in [0, 0.1) is 11.7 Å². The molecule has 3 heterocycles. The Balaban J connectivity index is 1.42. The van der Waals surface area contributed by atoms with Crippen LogP contribution >= 0.6 is 0 Å². The van der Waals surface area contributed by atoms with Gasteiger partial charge in [-0.25, -0.2) is 9.18 Å². The van der Waals surface area contributed by atoms with Gasteiger partial charge in [-0.05, 0) is 50.3 Å². The Bertz CT molecular complexity index is 1680. The van der Waals surface area contributed by atoms with Gasteiger partial charge in [-0.2, -0.15) is 4.57 Å². The topological polar surface area (TPSA) is 60.9 Å². The van der Waals surface area contributed by atoms with Crippen molar-refractivity contribution in [1.82, 2.24) is 4.90 Å². The molecule has 0 bridgehead atoms. The van der Waals surface area contributed by atoms with Crippen molar-refractivity contribution in [2.75, 3.05) is 49.1 Å². The monoisotopic (exact) mass is 557 g/mol. The second-order valence-corrected chi connectivity index (χ2v) is 10.9. The maximum atomic E-state index is 15.2. The van der Waals surface area contributed by atoms with Crippen molar-refractivity contribution in [2.45, 2.75) is 27.7 Å². The van der Waals surface area contributed by atoms with E-state index in [2.05, 4.69) is 18.7 Å². The minimum absolute atomic E-state index is 0.0455. The highest BCUT2D eigenvalue weighted by molar-refractivity contribution is 5.84. The molecule has 0 spiro atoms. The molecule has 5 rings (SSSR count). The number of benzene rings is 2. The van der Waals surface area contributed by atoms with Crippen LogP contribution in [0.25, 0.3) is 34.0 Å². The van der Waals surface area contributed by atoms with Gasteiger partial charge in [-0.3, -0.25) is 4.79 Å². The number of rotatable bonds is 7. The van der Waals surface area contributed by atoms with Gasteiger partial charge in [0.05, 0.1) is 11.3 Å². The number of halogens is 1. The highest BCUT2D eigenvalue weighted by Crippen LogP contribution is 2.27. The number of aromatic nitrogens is 1. The highest BCUT2D eigenvalue weighted by Gasteiger charge is 2.25. The SMILES string of the molecule is CCN(CC)c1ccc2cc(/C=C/c3ccc4cc(F)c(N5CCN(C(=O)C(C)C)CC5)cc4[n+]3C)c(=O)oc2c1. The lowest BCUT2D eigenvalue weighted by Crippen LogP contribution is -2.50. The number of piperazine rings is 1. The molecule has 0 N–H and O–H groups in total. The van der Waals surface area contributed by atoms with Crippen LogP contribution in [0.2, 0.25) is 0 Å². The van der Waals surface area contributed by atoms with Crippen molar-refractivity contribution < 1.29 is 18.2 Å². The van der Waals surface area contributed by atoms with E-state index in [1.165, 1.54) is 0 Å². The average molecular weight is 558 g/mol. The molecule has 8 heteroatoms. The molecule has 7 nitrogen and oxygen atoms in total. The summed E-state index contributed by atoms with van der Waals surface area (Å²) in [4.78, 5) is 31.3. The number of hydrogen-bond acceptors (Lipinski definition) is 5. The summed E-state index contributed by atoms with van der Waals surface area (Å²) in [5, 5.41) is 1.65. The van der Waals surface area contributed by atoms with Crippen LogP contribution in [-0.4, -0.2) is 50.1 Å². The Morgan fingerprint density at radius 2 is 1.71 bits per heavy atom. The summed E-state index contributed by atoms with van der Waals surface area (Å²) in [7, 11) is 1.93. The standard InChI is InChI=1S/C33H38FN4O3/c1-6-36(7-2)27-13-9-24-18-25(33(40)41-31(24)20-27)10-12-26-11-8-23-19-28(34)30(21-29(23)35(26)5)37-14-16-38(17-15-37)32(39)22(3)4/h8-13,18-22H,6-7,14-17H2,1-5H3/q+1. The molecular weight excluding hydrogens is 519 g/mol. The Morgan fingerprint density at radius 1 is 1.00 bits per heavy atom. The van der Waals surface area contributed by atoms with Gasteiger partial charge in [0.15, 0.2) is 0 Å². The first-order valence-corrected chi connectivity index (χ1v) is 14.4. The number of aryl methyl sites for hydroxylation is 1. The molecule has 1 aliphatic heterocycles. The summed E-state index contributed by atoms with van der Waals surface area (Å²) in [5.41, 5.74) is 3.92. The van der Waals surface area contributed by atoms with Crippen molar-refractivity contribution in [3.8, 4) is 0 Å². The Morgan fingerprint density at radius 3 is 2.39 bits per heavy atom. The fraction of sp³-hybridized carbons (Fsp3) is 0.364. The van der Waals surface area contributed by atoms with Crippen LogP contribution in [-0.2, 0) is 11.8 Å². The zero-order valence-corrected chi connectivity index (χ0v) is 24.5. The summed E-state index contributed by atoms with van der Waals surface area (Å²) in [6.07, 6.45) is 3.64. The highest BCUT2D eigenvalue weighted by atomic mass is 19.1. The summed E-state index contributed by atoms with van der Waals surface area (Å²) >= 11 is 0. The first kappa shape index (κ1) is 28.3. The molecule has 4 aromatic rings. The van der Waals surface area contributed by atoms with Crippen molar-refractivity contribution in [3.63, 3.8) is 0 Å². The van der Waals surface area contributed by atoms with Gasteiger partial charge in [-0.15, -0.1) is 0 Å². The number of anilines is 2. The van der Waals surface area contributed by atoms with Crippen molar-refractivity contribution in [3.05, 3.63) is 76.0 Å². The number of amides is 1. The van der Waals surface area contributed by atoms with Crippen LogP contribution in [0.5, 0.6) is 0 Å². The molecule has 1 saturated heterocycles. The van der Waals surface area contributed by atoms with E-state index in [1.807, 2.05) is 83.8 Å². The maximum absolute atomic E-state index is 15.2. The Hall–Kier alpha value is -4.20. The third-order valence-electron chi connectivity index (χ3n) is 8.01. The van der Waals surface area contributed by atoms with E-state index in [9.17, 15) is 9.59 Å². The van der Waals surface area contributed by atoms with E-state index in [0.29, 0.717) is 43.0 Å². The fourth-order valence-electron chi connectivity index (χ4n) is 5.55. The first-order valence-electron chi connectivity index (χ1n) is 14.4. The smallest absolute Gasteiger partial charge is 0.343 e.